The Morgan fingerprint density at radius 3 is 2.38 bits per heavy atom. The molecule has 15 heteroatoms. The summed E-state index contributed by atoms with van der Waals surface area (Å²) in [5, 5.41) is 0. The molecule has 2 aromatic carbocycles. The lowest BCUT2D eigenvalue weighted by atomic mass is 10.1. The third-order valence-corrected chi connectivity index (χ3v) is 6.37. The van der Waals surface area contributed by atoms with Crippen LogP contribution < -0.4 is 14.5 Å². The molecule has 2 saturated heterocycles. The van der Waals surface area contributed by atoms with Crippen LogP contribution in [0.4, 0.5) is 51.7 Å². The van der Waals surface area contributed by atoms with Gasteiger partial charge in [0, 0.05) is 39.0 Å². The Labute approximate surface area is 223 Å². The Balaban J connectivity index is 1.66. The van der Waals surface area contributed by atoms with Gasteiger partial charge in [0.15, 0.2) is 5.75 Å². The third-order valence-electron chi connectivity index (χ3n) is 6.37. The molecule has 0 aromatic heterocycles. The van der Waals surface area contributed by atoms with E-state index >= 15 is 0 Å². The van der Waals surface area contributed by atoms with Crippen molar-refractivity contribution in [1.29, 1.82) is 0 Å². The molecule has 0 N–H and O–H groups in total. The zero-order valence-corrected chi connectivity index (χ0v) is 21.0. The molecule has 0 radical (unpaired) electrons. The van der Waals surface area contributed by atoms with Gasteiger partial charge < -0.3 is 19.1 Å². The van der Waals surface area contributed by atoms with E-state index < -0.39 is 52.9 Å². The minimum Gasteiger partial charge on any atom is -0.407 e. The maximum Gasteiger partial charge on any atom is 0.420 e. The Kier molecular flexibility index (Phi) is 8.44. The number of carbonyl (C=O) groups is 2. The molecule has 0 aliphatic carbocycles. The average Bonchev–Trinajstić information content (AvgIpc) is 3.53. The van der Waals surface area contributed by atoms with E-state index in [4.69, 9.17) is 14.2 Å². The number of alkyl halides is 6. The van der Waals surface area contributed by atoms with Crippen molar-refractivity contribution in [2.24, 2.45) is 0 Å². The topological polar surface area (TPSA) is 71.6 Å². The van der Waals surface area contributed by atoms with Crippen molar-refractivity contribution in [3.05, 3.63) is 53.3 Å². The van der Waals surface area contributed by atoms with Gasteiger partial charge in [-0.1, -0.05) is 0 Å². The smallest absolute Gasteiger partial charge is 0.407 e. The molecule has 40 heavy (non-hydrogen) atoms. The molecular formula is C25H24F7N3O5. The summed E-state index contributed by atoms with van der Waals surface area (Å²) in [6, 6.07) is 3.55. The molecule has 8 nitrogen and oxygen atoms in total. The van der Waals surface area contributed by atoms with Crippen LogP contribution in [0.1, 0.15) is 17.5 Å². The second-order valence-corrected chi connectivity index (χ2v) is 9.05. The SMILES string of the molecule is CN(C(=O)Oc1c(N2CCN(CCOC3CCOC3)C2=O)cc(C(F)(F)F)cc1C(F)(F)F)c1ccc(F)cc1. The van der Waals surface area contributed by atoms with Gasteiger partial charge in [0.2, 0.25) is 0 Å². The van der Waals surface area contributed by atoms with Crippen molar-refractivity contribution in [1.82, 2.24) is 4.90 Å². The number of anilines is 2. The predicted octanol–water partition coefficient (Wildman–Crippen LogP) is 5.55. The van der Waals surface area contributed by atoms with Crippen molar-refractivity contribution in [2.45, 2.75) is 24.9 Å². The van der Waals surface area contributed by atoms with E-state index in [1.54, 1.807) is 0 Å². The molecule has 3 amide bonds. The van der Waals surface area contributed by atoms with Gasteiger partial charge in [0.1, 0.15) is 11.4 Å². The zero-order chi connectivity index (χ0) is 29.2. The van der Waals surface area contributed by atoms with E-state index in [1.165, 1.54) is 4.90 Å². The van der Waals surface area contributed by atoms with E-state index in [1.807, 2.05) is 0 Å². The van der Waals surface area contributed by atoms with Gasteiger partial charge in [0.05, 0.1) is 30.6 Å². The fourth-order valence-electron chi connectivity index (χ4n) is 4.21. The third kappa shape index (κ3) is 6.58. The summed E-state index contributed by atoms with van der Waals surface area (Å²) in [6.45, 7) is 0.710. The number of ether oxygens (including phenoxy) is 3. The fraction of sp³-hybridized carbons (Fsp3) is 0.440. The molecule has 1 unspecified atom stereocenters. The van der Waals surface area contributed by atoms with Crippen LogP contribution in [0.25, 0.3) is 0 Å². The first-order valence-electron chi connectivity index (χ1n) is 12.0. The van der Waals surface area contributed by atoms with Gasteiger partial charge in [-0.05, 0) is 42.8 Å². The van der Waals surface area contributed by atoms with Crippen LogP contribution in [0.2, 0.25) is 0 Å². The minimum absolute atomic E-state index is 0.0240. The highest BCUT2D eigenvalue weighted by Crippen LogP contribution is 2.47. The molecule has 2 fully saturated rings. The molecule has 2 aliphatic rings. The zero-order valence-electron chi connectivity index (χ0n) is 21.0. The maximum atomic E-state index is 14.0. The molecule has 0 bridgehead atoms. The molecule has 1 atom stereocenters. The summed E-state index contributed by atoms with van der Waals surface area (Å²) < 4.78 is 112. The van der Waals surface area contributed by atoms with Crippen LogP contribution >= 0.6 is 0 Å². The summed E-state index contributed by atoms with van der Waals surface area (Å²) in [5.74, 6) is -1.91. The highest BCUT2D eigenvalue weighted by molar-refractivity contribution is 5.97. The van der Waals surface area contributed by atoms with Gasteiger partial charge in [-0.3, -0.25) is 9.80 Å². The number of amides is 3. The Hall–Kier alpha value is -3.59. The number of benzene rings is 2. The van der Waals surface area contributed by atoms with Crippen LogP contribution in [0, 0.1) is 5.82 Å². The maximum absolute atomic E-state index is 14.0. The van der Waals surface area contributed by atoms with E-state index in [0.717, 1.165) is 36.2 Å². The van der Waals surface area contributed by atoms with E-state index in [-0.39, 0.29) is 44.1 Å². The lowest BCUT2D eigenvalue weighted by molar-refractivity contribution is -0.143. The molecule has 218 valence electrons. The van der Waals surface area contributed by atoms with Crippen LogP contribution in [0.5, 0.6) is 5.75 Å². The van der Waals surface area contributed by atoms with Gasteiger partial charge in [-0.2, -0.15) is 26.3 Å². The first-order valence-corrected chi connectivity index (χ1v) is 12.0. The van der Waals surface area contributed by atoms with Crippen LogP contribution in [-0.4, -0.2) is 69.6 Å². The fourth-order valence-corrected chi connectivity index (χ4v) is 4.21. The van der Waals surface area contributed by atoms with Crippen molar-refractivity contribution < 1.29 is 54.5 Å². The molecule has 2 aliphatic heterocycles. The van der Waals surface area contributed by atoms with E-state index in [9.17, 15) is 40.3 Å². The molecular weight excluding hydrogens is 555 g/mol. The number of hydrogen-bond acceptors (Lipinski definition) is 5. The first-order chi connectivity index (χ1) is 18.8. The number of rotatable bonds is 7. The average molecular weight is 579 g/mol. The first kappa shape index (κ1) is 29.4. The monoisotopic (exact) mass is 579 g/mol. The van der Waals surface area contributed by atoms with Crippen molar-refractivity contribution in [2.75, 3.05) is 56.3 Å². The summed E-state index contributed by atoms with van der Waals surface area (Å²) in [7, 11) is 1.12. The minimum atomic E-state index is -5.39. The van der Waals surface area contributed by atoms with Gasteiger partial charge >= 0.3 is 24.5 Å². The number of carbonyl (C=O) groups excluding carboxylic acids is 2. The summed E-state index contributed by atoms with van der Waals surface area (Å²) in [6.07, 6.45) is -11.5. The van der Waals surface area contributed by atoms with Gasteiger partial charge in [0.25, 0.3) is 0 Å². The van der Waals surface area contributed by atoms with Gasteiger partial charge in [-0.25, -0.2) is 14.0 Å². The van der Waals surface area contributed by atoms with Crippen molar-refractivity contribution in [3.63, 3.8) is 0 Å². The van der Waals surface area contributed by atoms with Gasteiger partial charge in [-0.15, -0.1) is 0 Å². The second kappa shape index (κ2) is 11.5. The molecule has 0 saturated carbocycles. The lowest BCUT2D eigenvalue weighted by Crippen LogP contribution is -2.36. The molecule has 2 aromatic rings. The highest BCUT2D eigenvalue weighted by atomic mass is 19.4. The van der Waals surface area contributed by atoms with Crippen molar-refractivity contribution in [3.8, 4) is 5.75 Å². The summed E-state index contributed by atoms with van der Waals surface area (Å²) in [5.41, 5.74) is -4.42. The van der Waals surface area contributed by atoms with E-state index in [2.05, 4.69) is 0 Å². The van der Waals surface area contributed by atoms with Crippen molar-refractivity contribution >= 4 is 23.5 Å². The Bertz CT molecular complexity index is 1230. The Morgan fingerprint density at radius 1 is 1.07 bits per heavy atom. The molecule has 4 rings (SSSR count). The highest BCUT2D eigenvalue weighted by Gasteiger charge is 2.44. The Morgan fingerprint density at radius 2 is 1.77 bits per heavy atom. The predicted molar refractivity (Wildman–Crippen MR) is 127 cm³/mol. The van der Waals surface area contributed by atoms with Crippen LogP contribution in [0.3, 0.4) is 0 Å². The van der Waals surface area contributed by atoms with Crippen LogP contribution in [-0.2, 0) is 21.8 Å². The number of halogens is 7. The van der Waals surface area contributed by atoms with E-state index in [0.29, 0.717) is 30.6 Å². The summed E-state index contributed by atoms with van der Waals surface area (Å²) >= 11 is 0. The second-order valence-electron chi connectivity index (χ2n) is 9.05. The molecule has 0 spiro atoms. The summed E-state index contributed by atoms with van der Waals surface area (Å²) in [4.78, 5) is 28.6. The quantitative estimate of drug-likeness (QED) is 0.403. The number of hydrogen-bond donors (Lipinski definition) is 0. The standard InChI is InChI=1S/C25H24F7N3O5/c1-33(17-4-2-16(26)3-5-17)23(37)40-21-19(25(30,31)32)12-15(24(27,28)29)13-20(21)35-8-7-34(22(35)36)9-11-39-18-6-10-38-14-18/h2-5,12-13,18H,6-11,14H2,1H3. The van der Waals surface area contributed by atoms with Crippen LogP contribution in [0.15, 0.2) is 36.4 Å². The number of nitrogens with zero attached hydrogens (tertiary/aromatic N) is 3. The molecule has 2 heterocycles. The normalized spacial score (nSPS) is 18.0. The number of urea groups is 1. The largest absolute Gasteiger partial charge is 0.420 e. The lowest BCUT2D eigenvalue weighted by Gasteiger charge is -2.26.